The Balaban J connectivity index is 1.77. The highest BCUT2D eigenvalue weighted by Gasteiger charge is 2.30. The average molecular weight is 428 g/mol. The summed E-state index contributed by atoms with van der Waals surface area (Å²) >= 11 is 6.27. The van der Waals surface area contributed by atoms with E-state index in [4.69, 9.17) is 11.6 Å². The molecule has 0 bridgehead atoms. The Labute approximate surface area is 173 Å². The Morgan fingerprint density at radius 1 is 1.11 bits per heavy atom. The molecule has 1 saturated carbocycles. The zero-order valence-corrected chi connectivity index (χ0v) is 17.8. The average Bonchev–Trinajstić information content (AvgIpc) is 2.98. The Morgan fingerprint density at radius 2 is 1.75 bits per heavy atom. The minimum Gasteiger partial charge on any atom is -0.335 e. The molecule has 2 fully saturated rings. The van der Waals surface area contributed by atoms with Crippen LogP contribution >= 0.6 is 11.6 Å². The molecular formula is C20H30ClN3O3S. The summed E-state index contributed by atoms with van der Waals surface area (Å²) in [6.45, 7) is 2.53. The summed E-state index contributed by atoms with van der Waals surface area (Å²) in [7, 11) is -3.39. The van der Waals surface area contributed by atoms with Crippen LogP contribution in [0, 0.1) is 0 Å². The lowest BCUT2D eigenvalue weighted by molar-refractivity contribution is 0.0674. The maximum atomic E-state index is 13.3. The van der Waals surface area contributed by atoms with E-state index in [1.54, 1.807) is 29.2 Å². The van der Waals surface area contributed by atoms with E-state index >= 15 is 0 Å². The van der Waals surface area contributed by atoms with Gasteiger partial charge in [-0.1, -0.05) is 49.4 Å². The first-order valence-electron chi connectivity index (χ1n) is 10.2. The van der Waals surface area contributed by atoms with Gasteiger partial charge in [-0.05, 0) is 25.0 Å². The molecule has 2 aliphatic rings. The number of benzene rings is 1. The number of nitrogens with zero attached hydrogens (tertiary/aromatic N) is 2. The molecule has 1 aromatic rings. The van der Waals surface area contributed by atoms with Crippen molar-refractivity contribution in [2.75, 3.05) is 38.5 Å². The molecule has 0 unspecified atom stereocenters. The number of amides is 1. The lowest BCUT2D eigenvalue weighted by atomic mass is 10.1. The van der Waals surface area contributed by atoms with Crippen molar-refractivity contribution in [2.24, 2.45) is 0 Å². The Bertz CT molecular complexity index is 758. The number of carbonyl (C=O) groups excluding carboxylic acids is 1. The molecule has 0 atom stereocenters. The second-order valence-electron chi connectivity index (χ2n) is 7.59. The molecular weight excluding hydrogens is 398 g/mol. The van der Waals surface area contributed by atoms with Gasteiger partial charge in [0.25, 0.3) is 5.91 Å². The highest BCUT2D eigenvalue weighted by molar-refractivity contribution is 7.89. The zero-order valence-electron chi connectivity index (χ0n) is 16.3. The van der Waals surface area contributed by atoms with Gasteiger partial charge in [-0.25, -0.2) is 8.42 Å². The third kappa shape index (κ3) is 5.47. The van der Waals surface area contributed by atoms with Gasteiger partial charge in [0.2, 0.25) is 10.0 Å². The maximum Gasteiger partial charge on any atom is 0.255 e. The van der Waals surface area contributed by atoms with Crippen molar-refractivity contribution >= 4 is 27.5 Å². The van der Waals surface area contributed by atoms with Crippen LogP contribution in [-0.4, -0.2) is 68.0 Å². The van der Waals surface area contributed by atoms with Crippen molar-refractivity contribution in [3.63, 3.8) is 0 Å². The van der Waals surface area contributed by atoms with Crippen LogP contribution in [0.1, 0.15) is 48.9 Å². The van der Waals surface area contributed by atoms with Gasteiger partial charge in [-0.3, -0.25) is 4.79 Å². The first kappa shape index (κ1) is 21.6. The van der Waals surface area contributed by atoms with E-state index < -0.39 is 10.0 Å². The molecule has 1 saturated heterocycles. The lowest BCUT2D eigenvalue weighted by Crippen LogP contribution is -2.49. The fraction of sp³-hybridized carbons (Fsp3) is 0.650. The second-order valence-corrected chi connectivity index (χ2v) is 10.1. The largest absolute Gasteiger partial charge is 0.335 e. The van der Waals surface area contributed by atoms with Crippen LogP contribution in [0.5, 0.6) is 0 Å². The van der Waals surface area contributed by atoms with Gasteiger partial charge in [0.15, 0.2) is 0 Å². The van der Waals surface area contributed by atoms with Crippen molar-refractivity contribution in [3.05, 3.63) is 34.9 Å². The highest BCUT2D eigenvalue weighted by atomic mass is 35.5. The van der Waals surface area contributed by atoms with Gasteiger partial charge in [0.05, 0.1) is 16.3 Å². The number of sulfonamides is 1. The van der Waals surface area contributed by atoms with E-state index in [0.717, 1.165) is 25.7 Å². The zero-order chi connectivity index (χ0) is 20.0. The lowest BCUT2D eigenvalue weighted by Gasteiger charge is -2.33. The summed E-state index contributed by atoms with van der Waals surface area (Å²) in [5, 5.41) is 3.58. The van der Waals surface area contributed by atoms with Crippen LogP contribution in [0.15, 0.2) is 24.3 Å². The molecule has 1 aliphatic heterocycles. The number of hydrogen-bond acceptors (Lipinski definition) is 4. The quantitative estimate of drug-likeness (QED) is 0.708. The maximum absolute atomic E-state index is 13.3. The molecule has 1 amide bonds. The third-order valence-corrected chi connectivity index (χ3v) is 7.87. The second kappa shape index (κ2) is 10.1. The molecule has 8 heteroatoms. The van der Waals surface area contributed by atoms with Gasteiger partial charge in [-0.2, -0.15) is 4.31 Å². The van der Waals surface area contributed by atoms with E-state index in [-0.39, 0.29) is 24.2 Å². The normalized spacial score (nSPS) is 19.9. The summed E-state index contributed by atoms with van der Waals surface area (Å²) in [4.78, 5) is 15.1. The SMILES string of the molecule is O=C(c1ccccc1Cl)N(CCS(=O)(=O)N1CCNCC1)C1CCCCCC1. The first-order valence-corrected chi connectivity index (χ1v) is 12.2. The molecule has 0 aromatic heterocycles. The van der Waals surface area contributed by atoms with Crippen LogP contribution in [-0.2, 0) is 10.0 Å². The summed E-state index contributed by atoms with van der Waals surface area (Å²) < 4.78 is 27.1. The molecule has 6 nitrogen and oxygen atoms in total. The van der Waals surface area contributed by atoms with Gasteiger partial charge >= 0.3 is 0 Å². The minimum atomic E-state index is -3.39. The van der Waals surface area contributed by atoms with E-state index in [9.17, 15) is 13.2 Å². The Kier molecular flexibility index (Phi) is 7.74. The number of rotatable bonds is 6. The minimum absolute atomic E-state index is 0.0420. The van der Waals surface area contributed by atoms with Crippen LogP contribution < -0.4 is 5.32 Å². The smallest absolute Gasteiger partial charge is 0.255 e. The topological polar surface area (TPSA) is 69.7 Å². The summed E-state index contributed by atoms with van der Waals surface area (Å²) in [6, 6.07) is 7.09. The molecule has 1 heterocycles. The van der Waals surface area contributed by atoms with Crippen molar-refractivity contribution in [3.8, 4) is 0 Å². The van der Waals surface area contributed by atoms with Gasteiger partial charge < -0.3 is 10.2 Å². The molecule has 156 valence electrons. The standard InChI is InChI=1S/C20H30ClN3O3S/c21-19-10-6-5-9-18(19)20(25)24(17-7-3-1-2-4-8-17)15-16-28(26,27)23-13-11-22-12-14-23/h5-6,9-10,17,22H,1-4,7-8,11-16H2. The number of carbonyl (C=O) groups is 1. The number of hydrogen-bond donors (Lipinski definition) is 1. The molecule has 1 aliphatic carbocycles. The van der Waals surface area contributed by atoms with E-state index in [2.05, 4.69) is 5.32 Å². The van der Waals surface area contributed by atoms with Crippen LogP contribution in [0.2, 0.25) is 5.02 Å². The summed E-state index contributed by atoms with van der Waals surface area (Å²) in [5.74, 6) is -0.201. The molecule has 0 radical (unpaired) electrons. The highest BCUT2D eigenvalue weighted by Crippen LogP contribution is 2.25. The molecule has 1 N–H and O–H groups in total. The van der Waals surface area contributed by atoms with Crippen LogP contribution in [0.3, 0.4) is 0 Å². The Morgan fingerprint density at radius 3 is 2.39 bits per heavy atom. The predicted molar refractivity (Wildman–Crippen MR) is 112 cm³/mol. The molecule has 0 spiro atoms. The number of nitrogens with one attached hydrogen (secondary N) is 1. The van der Waals surface area contributed by atoms with E-state index in [1.807, 2.05) is 0 Å². The summed E-state index contributed by atoms with van der Waals surface area (Å²) in [6.07, 6.45) is 6.32. The molecule has 3 rings (SSSR count). The third-order valence-electron chi connectivity index (χ3n) is 5.69. The molecule has 1 aromatic carbocycles. The first-order chi connectivity index (χ1) is 13.5. The van der Waals surface area contributed by atoms with Crippen molar-refractivity contribution in [1.29, 1.82) is 0 Å². The van der Waals surface area contributed by atoms with Crippen LogP contribution in [0.25, 0.3) is 0 Å². The van der Waals surface area contributed by atoms with Gasteiger partial charge in [-0.15, -0.1) is 0 Å². The van der Waals surface area contributed by atoms with Gasteiger partial charge in [0, 0.05) is 38.8 Å². The number of halogens is 1. The van der Waals surface area contributed by atoms with Crippen molar-refractivity contribution < 1.29 is 13.2 Å². The summed E-state index contributed by atoms with van der Waals surface area (Å²) in [5.41, 5.74) is 0.452. The van der Waals surface area contributed by atoms with Crippen molar-refractivity contribution in [2.45, 2.75) is 44.6 Å². The van der Waals surface area contributed by atoms with Crippen LogP contribution in [0.4, 0.5) is 0 Å². The van der Waals surface area contributed by atoms with Crippen molar-refractivity contribution in [1.82, 2.24) is 14.5 Å². The fourth-order valence-electron chi connectivity index (χ4n) is 4.07. The van der Waals surface area contributed by atoms with E-state index in [1.165, 1.54) is 17.1 Å². The van der Waals surface area contributed by atoms with Gasteiger partial charge in [0.1, 0.15) is 0 Å². The molecule has 28 heavy (non-hydrogen) atoms. The monoisotopic (exact) mass is 427 g/mol. The van der Waals surface area contributed by atoms with E-state index in [0.29, 0.717) is 36.8 Å². The fourth-order valence-corrected chi connectivity index (χ4v) is 5.72. The Hall–Kier alpha value is -1.15. The predicted octanol–water partition coefficient (Wildman–Crippen LogP) is 2.74. The number of piperazine rings is 1.